The van der Waals surface area contributed by atoms with Gasteiger partial charge in [0.15, 0.2) is 52.0 Å². The minimum Gasteiger partial charge on any atom is -0.780 e. The maximum Gasteiger partial charge on any atom is 0.192 e. The number of anilines is 2. The van der Waals surface area contributed by atoms with Gasteiger partial charge in [-0.3, -0.25) is 9.13 Å². The molecule has 0 amide bonds. The molecule has 0 aromatic carbocycles. The average Bonchev–Trinajstić information content (AvgIpc) is 3.84. The van der Waals surface area contributed by atoms with Crippen LogP contribution in [0.2, 0.25) is 36.3 Å². The molecule has 55 heavy (non-hydrogen) atoms. The maximum absolute atomic E-state index is 14.1. The van der Waals surface area contributed by atoms with Gasteiger partial charge in [0.25, 0.3) is 0 Å². The number of imidazole rings is 2. The molecule has 0 aliphatic carbocycles. The predicted molar refractivity (Wildman–Crippen MR) is 210 cm³/mol. The van der Waals surface area contributed by atoms with Crippen LogP contribution in [-0.4, -0.2) is 116 Å². The minimum absolute atomic E-state index is 0.174. The molecule has 0 bridgehead atoms. The Labute approximate surface area is 326 Å². The number of rotatable bonds is 12. The van der Waals surface area contributed by atoms with Crippen LogP contribution >= 0.6 is 6.72 Å². The molecule has 0 saturated carbocycles. The molecule has 4 aromatic heterocycles. The third-order valence-corrected chi connectivity index (χ3v) is 21.7. The molecular weight excluding hydrogens is 788 g/mol. The van der Waals surface area contributed by atoms with E-state index in [9.17, 15) is 15.1 Å². The van der Waals surface area contributed by atoms with E-state index < -0.39 is 85.6 Å². The van der Waals surface area contributed by atoms with Gasteiger partial charge in [-0.1, -0.05) is 53.3 Å². The van der Waals surface area contributed by atoms with Crippen LogP contribution in [0.15, 0.2) is 25.3 Å². The molecule has 5 unspecified atom stereocenters. The Hall–Kier alpha value is -2.58. The van der Waals surface area contributed by atoms with Gasteiger partial charge in [0.05, 0.1) is 25.9 Å². The molecule has 2 fully saturated rings. The first-order valence-corrected chi connectivity index (χ1v) is 26.3. The van der Waals surface area contributed by atoms with Crippen molar-refractivity contribution in [2.24, 2.45) is 0 Å². The second-order valence-corrected chi connectivity index (χ2v) is 29.2. The fourth-order valence-electron chi connectivity index (χ4n) is 6.03. The van der Waals surface area contributed by atoms with E-state index >= 15 is 0 Å². The number of nitrogens with two attached hydrogens (primary N) is 2. The lowest BCUT2D eigenvalue weighted by Crippen LogP contribution is -2.49. The molecule has 6 heterocycles. The van der Waals surface area contributed by atoms with Crippen molar-refractivity contribution in [3.8, 4) is 0 Å². The Kier molecular flexibility index (Phi) is 11.5. The van der Waals surface area contributed by atoms with Crippen molar-refractivity contribution in [1.29, 1.82) is 0 Å². The van der Waals surface area contributed by atoms with E-state index in [4.69, 9.17) is 50.6 Å². The summed E-state index contributed by atoms with van der Waals surface area (Å²) < 4.78 is 41.5. The lowest BCUT2D eigenvalue weighted by molar-refractivity contribution is -0.217. The van der Waals surface area contributed by atoms with E-state index in [1.807, 2.05) is 13.1 Å². The molecule has 2 aliphatic rings. The van der Waals surface area contributed by atoms with E-state index in [0.29, 0.717) is 22.3 Å². The number of fused-ring (bicyclic) bond motifs is 2. The molecule has 6 N–H and O–H groups in total. The summed E-state index contributed by atoms with van der Waals surface area (Å²) in [5, 5.41) is 21.8. The van der Waals surface area contributed by atoms with Crippen LogP contribution in [0, 0.1) is 0 Å². The molecule has 2 aliphatic heterocycles. The highest BCUT2D eigenvalue weighted by Gasteiger charge is 2.54. The second-order valence-electron chi connectivity index (χ2n) is 17.0. The fraction of sp³-hybridized carbons (Fsp3) is 0.688. The van der Waals surface area contributed by atoms with Crippen molar-refractivity contribution in [3.05, 3.63) is 25.3 Å². The van der Waals surface area contributed by atoms with Crippen LogP contribution in [0.3, 0.4) is 0 Å². The van der Waals surface area contributed by atoms with Crippen molar-refractivity contribution in [3.63, 3.8) is 0 Å². The number of aliphatic hydroxyl groups is 2. The SMILES string of the molecule is CC(C)(C)[Si](C)(C)OC1C(O)[C@@H](COP([O-])(=S)OC2C(O[Si](C)(C)C(C)(C)C)[C@H](n3cnc4c(N)ncnc43)O[C@@H]2CO)O[C@H]1n1cnc2c(N)ncnc21. The van der Waals surface area contributed by atoms with E-state index in [1.165, 1.54) is 25.3 Å². The Bertz CT molecular complexity index is 2060. The zero-order chi connectivity index (χ0) is 40.5. The normalized spacial score (nSPS) is 28.0. The van der Waals surface area contributed by atoms with Gasteiger partial charge in [-0.2, -0.15) is 0 Å². The van der Waals surface area contributed by atoms with Crippen LogP contribution < -0.4 is 16.4 Å². The van der Waals surface area contributed by atoms with E-state index in [1.54, 1.807) is 9.13 Å². The van der Waals surface area contributed by atoms with Gasteiger partial charge < -0.3 is 53.9 Å². The molecule has 9 atom stereocenters. The molecule has 6 rings (SSSR count). The predicted octanol–water partition coefficient (Wildman–Crippen LogP) is 2.75. The zero-order valence-electron chi connectivity index (χ0n) is 32.7. The van der Waals surface area contributed by atoms with Gasteiger partial charge in [0, 0.05) is 0 Å². The maximum atomic E-state index is 14.1. The van der Waals surface area contributed by atoms with Gasteiger partial charge >= 0.3 is 0 Å². The first-order chi connectivity index (χ1) is 25.5. The minimum atomic E-state index is -4.41. The van der Waals surface area contributed by atoms with Gasteiger partial charge in [0.1, 0.15) is 67.0 Å². The smallest absolute Gasteiger partial charge is 0.192 e. The number of aliphatic hydroxyl groups excluding tert-OH is 2. The van der Waals surface area contributed by atoms with Gasteiger partial charge in [-0.05, 0) is 36.3 Å². The molecule has 2 saturated heterocycles. The lowest BCUT2D eigenvalue weighted by Gasteiger charge is -2.42. The van der Waals surface area contributed by atoms with Crippen LogP contribution in [0.1, 0.15) is 54.0 Å². The Morgan fingerprint density at radius 3 is 1.71 bits per heavy atom. The second kappa shape index (κ2) is 15.0. The van der Waals surface area contributed by atoms with Crippen LogP contribution in [0.25, 0.3) is 22.3 Å². The van der Waals surface area contributed by atoms with E-state index in [2.05, 4.69) is 84.5 Å². The van der Waals surface area contributed by atoms with Crippen molar-refractivity contribution < 1.29 is 42.5 Å². The van der Waals surface area contributed by atoms with Crippen molar-refractivity contribution >= 4 is 69.1 Å². The average molecular weight is 840 g/mol. The number of nitrogens with zero attached hydrogens (tertiary/aromatic N) is 8. The standard InChI is InChI=1S/C32H53N10O9PSSi2/c1-31(2,3)54(7,8)50-23-21(44)18(48-29(23)41-15-39-19-25(33)35-13-37-27(19)41)12-46-52(45,53)49-22-17(11-43)47-30(24(22)51-55(9,10)32(4,5)6)42-16-40-20-26(34)36-14-38-28(20)42/h13-18,21-24,29-30,43-44H,11-12H2,1-10H3,(H,45,53)(H2,33,35,37)(H2,34,36,38)/p-1/t17-,18-,21?,22?,23?,24?,29-,30-,52?/m1/s1. The van der Waals surface area contributed by atoms with Crippen molar-refractivity contribution in [2.45, 2.75) is 127 Å². The molecule has 19 nitrogen and oxygen atoms in total. The molecule has 0 spiro atoms. The summed E-state index contributed by atoms with van der Waals surface area (Å²) in [6.07, 6.45) is -2.64. The van der Waals surface area contributed by atoms with Crippen LogP contribution in [-0.2, 0) is 39.2 Å². The van der Waals surface area contributed by atoms with Gasteiger partial charge in [0.2, 0.25) is 0 Å². The van der Waals surface area contributed by atoms with Crippen molar-refractivity contribution in [1.82, 2.24) is 39.0 Å². The summed E-state index contributed by atoms with van der Waals surface area (Å²) >= 11 is 5.47. The zero-order valence-corrected chi connectivity index (χ0v) is 36.4. The van der Waals surface area contributed by atoms with Crippen LogP contribution in [0.4, 0.5) is 11.6 Å². The Balaban J connectivity index is 1.27. The molecular formula is C32H52N10O9PSSi2-. The molecule has 4 aromatic rings. The summed E-state index contributed by atoms with van der Waals surface area (Å²) in [5.74, 6) is 0.356. The van der Waals surface area contributed by atoms with Gasteiger partial charge in [-0.25, -0.2) is 29.9 Å². The summed E-state index contributed by atoms with van der Waals surface area (Å²) in [5.41, 5.74) is 13.6. The first kappa shape index (κ1) is 42.0. The summed E-state index contributed by atoms with van der Waals surface area (Å²) in [6, 6.07) is 0. The fourth-order valence-corrected chi connectivity index (χ4v) is 10.0. The monoisotopic (exact) mass is 839 g/mol. The number of nitrogen functional groups attached to an aromatic ring is 2. The van der Waals surface area contributed by atoms with E-state index in [0.717, 1.165) is 0 Å². The Morgan fingerprint density at radius 1 is 0.782 bits per heavy atom. The topological polar surface area (TPSA) is 258 Å². The summed E-state index contributed by atoms with van der Waals surface area (Å²) in [4.78, 5) is 39.7. The number of hydrogen-bond acceptors (Lipinski definition) is 18. The van der Waals surface area contributed by atoms with Crippen LogP contribution in [0.5, 0.6) is 0 Å². The largest absolute Gasteiger partial charge is 0.780 e. The highest BCUT2D eigenvalue weighted by Crippen LogP contribution is 2.50. The van der Waals surface area contributed by atoms with Gasteiger partial charge in [-0.15, -0.1) is 0 Å². The molecule has 23 heteroatoms. The highest BCUT2D eigenvalue weighted by atomic mass is 32.5. The molecule has 304 valence electrons. The van der Waals surface area contributed by atoms with Crippen molar-refractivity contribution in [2.75, 3.05) is 24.7 Å². The molecule has 0 radical (unpaired) electrons. The summed E-state index contributed by atoms with van der Waals surface area (Å²) in [6.45, 7) is 15.3. The Morgan fingerprint density at radius 2 is 1.24 bits per heavy atom. The first-order valence-electron chi connectivity index (χ1n) is 17.9. The lowest BCUT2D eigenvalue weighted by atomic mass is 10.1. The highest BCUT2D eigenvalue weighted by molar-refractivity contribution is 8.06. The number of ether oxygens (including phenoxy) is 2. The van der Waals surface area contributed by atoms with E-state index in [-0.39, 0.29) is 21.7 Å². The number of hydrogen-bond donors (Lipinski definition) is 4. The number of aromatic nitrogens is 8. The third kappa shape index (κ3) is 8.11. The summed E-state index contributed by atoms with van der Waals surface area (Å²) in [7, 11) is -5.10. The quantitative estimate of drug-likeness (QED) is 0.118. The third-order valence-electron chi connectivity index (χ3n) is 11.2.